The van der Waals surface area contributed by atoms with Crippen LogP contribution < -0.4 is 20.1 Å². The van der Waals surface area contributed by atoms with E-state index in [0.717, 1.165) is 26.0 Å². The molecule has 1 saturated heterocycles. The Hall–Kier alpha value is -1.79. The van der Waals surface area contributed by atoms with Gasteiger partial charge in [0.25, 0.3) is 0 Å². The Morgan fingerprint density at radius 2 is 2.23 bits per heavy atom. The van der Waals surface area contributed by atoms with E-state index < -0.39 is 0 Å². The van der Waals surface area contributed by atoms with E-state index in [0.29, 0.717) is 36.3 Å². The van der Waals surface area contributed by atoms with E-state index in [9.17, 15) is 4.79 Å². The quantitative estimate of drug-likeness (QED) is 0.717. The van der Waals surface area contributed by atoms with Crippen molar-refractivity contribution in [3.8, 4) is 11.5 Å². The van der Waals surface area contributed by atoms with E-state index in [2.05, 4.69) is 10.6 Å². The van der Waals surface area contributed by atoms with Crippen LogP contribution in [0.5, 0.6) is 11.5 Å². The number of anilines is 1. The lowest BCUT2D eigenvalue weighted by atomic mass is 10.2. The van der Waals surface area contributed by atoms with Crippen molar-refractivity contribution in [1.29, 1.82) is 0 Å². The second-order valence-electron chi connectivity index (χ2n) is 5.20. The first-order valence-corrected chi connectivity index (χ1v) is 7.57. The van der Waals surface area contributed by atoms with E-state index in [1.54, 1.807) is 32.4 Å². The first-order chi connectivity index (χ1) is 10.7. The minimum atomic E-state index is -0.0525. The van der Waals surface area contributed by atoms with Crippen LogP contribution in [-0.4, -0.2) is 45.9 Å². The SMILES string of the molecule is COc1ccc(NC(=O)CCNCC2CCCO2)c(OC)c1. The summed E-state index contributed by atoms with van der Waals surface area (Å²) in [5.74, 6) is 1.22. The third kappa shape index (κ3) is 4.89. The van der Waals surface area contributed by atoms with Gasteiger partial charge in [-0.2, -0.15) is 0 Å². The van der Waals surface area contributed by atoms with Crippen molar-refractivity contribution in [3.63, 3.8) is 0 Å². The van der Waals surface area contributed by atoms with Crippen molar-refractivity contribution < 1.29 is 19.0 Å². The van der Waals surface area contributed by atoms with Gasteiger partial charge >= 0.3 is 0 Å². The average molecular weight is 308 g/mol. The molecule has 1 heterocycles. The van der Waals surface area contributed by atoms with Crippen molar-refractivity contribution in [1.82, 2.24) is 5.32 Å². The summed E-state index contributed by atoms with van der Waals surface area (Å²) >= 11 is 0. The molecule has 122 valence electrons. The van der Waals surface area contributed by atoms with Gasteiger partial charge in [0.1, 0.15) is 11.5 Å². The van der Waals surface area contributed by atoms with Gasteiger partial charge in [-0.15, -0.1) is 0 Å². The van der Waals surface area contributed by atoms with Crippen LogP contribution in [-0.2, 0) is 9.53 Å². The Morgan fingerprint density at radius 1 is 1.36 bits per heavy atom. The summed E-state index contributed by atoms with van der Waals surface area (Å²) in [5, 5.41) is 6.10. The first kappa shape index (κ1) is 16.6. The second-order valence-corrected chi connectivity index (χ2v) is 5.20. The number of benzene rings is 1. The first-order valence-electron chi connectivity index (χ1n) is 7.57. The lowest BCUT2D eigenvalue weighted by molar-refractivity contribution is -0.116. The minimum Gasteiger partial charge on any atom is -0.497 e. The Morgan fingerprint density at radius 3 is 2.91 bits per heavy atom. The number of hydrogen-bond acceptors (Lipinski definition) is 5. The molecule has 0 radical (unpaired) electrons. The van der Waals surface area contributed by atoms with Crippen LogP contribution in [0.2, 0.25) is 0 Å². The van der Waals surface area contributed by atoms with Crippen LogP contribution in [0.3, 0.4) is 0 Å². The molecule has 6 nitrogen and oxygen atoms in total. The highest BCUT2D eigenvalue weighted by Gasteiger charge is 2.14. The van der Waals surface area contributed by atoms with Gasteiger partial charge in [0.05, 0.1) is 26.0 Å². The van der Waals surface area contributed by atoms with Gasteiger partial charge in [-0.25, -0.2) is 0 Å². The molecule has 2 rings (SSSR count). The van der Waals surface area contributed by atoms with Crippen LogP contribution in [0.25, 0.3) is 0 Å². The molecule has 1 atom stereocenters. The third-order valence-corrected chi connectivity index (χ3v) is 3.61. The number of carbonyl (C=O) groups excluding carboxylic acids is 1. The highest BCUT2D eigenvalue weighted by atomic mass is 16.5. The Kier molecular flexibility index (Phi) is 6.48. The Bertz CT molecular complexity index is 487. The summed E-state index contributed by atoms with van der Waals surface area (Å²) in [4.78, 5) is 12.0. The molecule has 22 heavy (non-hydrogen) atoms. The normalized spacial score (nSPS) is 17.3. The van der Waals surface area contributed by atoms with Crippen molar-refractivity contribution >= 4 is 11.6 Å². The largest absolute Gasteiger partial charge is 0.497 e. The highest BCUT2D eigenvalue weighted by Crippen LogP contribution is 2.28. The maximum absolute atomic E-state index is 12.0. The number of carbonyl (C=O) groups is 1. The van der Waals surface area contributed by atoms with E-state index >= 15 is 0 Å². The molecule has 1 aromatic carbocycles. The molecule has 1 unspecified atom stereocenters. The fourth-order valence-electron chi connectivity index (χ4n) is 2.38. The number of nitrogens with one attached hydrogen (secondary N) is 2. The molecule has 0 bridgehead atoms. The predicted octanol–water partition coefficient (Wildman–Crippen LogP) is 1.80. The summed E-state index contributed by atoms with van der Waals surface area (Å²) in [7, 11) is 3.15. The molecule has 0 aromatic heterocycles. The minimum absolute atomic E-state index is 0.0525. The number of amides is 1. The molecule has 2 N–H and O–H groups in total. The zero-order valence-corrected chi connectivity index (χ0v) is 13.2. The summed E-state index contributed by atoms with van der Waals surface area (Å²) in [6, 6.07) is 5.30. The number of ether oxygens (including phenoxy) is 3. The standard InChI is InChI=1S/C16H24N2O4/c1-20-12-5-6-14(15(10-12)21-2)18-16(19)7-8-17-11-13-4-3-9-22-13/h5-6,10,13,17H,3-4,7-9,11H2,1-2H3,(H,18,19). The third-order valence-electron chi connectivity index (χ3n) is 3.61. The average Bonchev–Trinajstić information content (AvgIpc) is 3.05. The molecule has 0 saturated carbocycles. The van der Waals surface area contributed by atoms with Gasteiger partial charge in [-0.05, 0) is 25.0 Å². The monoisotopic (exact) mass is 308 g/mol. The number of hydrogen-bond donors (Lipinski definition) is 2. The van der Waals surface area contributed by atoms with Gasteiger partial charge in [-0.1, -0.05) is 0 Å². The smallest absolute Gasteiger partial charge is 0.225 e. The van der Waals surface area contributed by atoms with Crippen LogP contribution in [0.4, 0.5) is 5.69 Å². The molecule has 1 aromatic rings. The lowest BCUT2D eigenvalue weighted by Crippen LogP contribution is -2.29. The topological polar surface area (TPSA) is 68.8 Å². The van der Waals surface area contributed by atoms with Crippen LogP contribution in [0.1, 0.15) is 19.3 Å². The van der Waals surface area contributed by atoms with Crippen LogP contribution >= 0.6 is 0 Å². The molecule has 0 spiro atoms. The molecular weight excluding hydrogens is 284 g/mol. The van der Waals surface area contributed by atoms with E-state index in [-0.39, 0.29) is 5.91 Å². The zero-order valence-electron chi connectivity index (χ0n) is 13.2. The maximum atomic E-state index is 12.0. The summed E-state index contributed by atoms with van der Waals surface area (Å²) in [6.07, 6.45) is 2.93. The predicted molar refractivity (Wildman–Crippen MR) is 84.6 cm³/mol. The highest BCUT2D eigenvalue weighted by molar-refractivity contribution is 5.92. The van der Waals surface area contributed by atoms with Gasteiger partial charge in [0.15, 0.2) is 0 Å². The molecule has 1 amide bonds. The second kappa shape index (κ2) is 8.60. The van der Waals surface area contributed by atoms with Gasteiger partial charge < -0.3 is 24.8 Å². The maximum Gasteiger partial charge on any atom is 0.225 e. The summed E-state index contributed by atoms with van der Waals surface area (Å²) in [5.41, 5.74) is 0.646. The van der Waals surface area contributed by atoms with Crippen LogP contribution in [0, 0.1) is 0 Å². The molecular formula is C16H24N2O4. The molecule has 0 aliphatic carbocycles. The summed E-state index contributed by atoms with van der Waals surface area (Å²) < 4.78 is 15.9. The van der Waals surface area contributed by atoms with E-state index in [1.165, 1.54) is 0 Å². The molecule has 1 fully saturated rings. The van der Waals surface area contributed by atoms with Crippen molar-refractivity contribution in [2.45, 2.75) is 25.4 Å². The fraction of sp³-hybridized carbons (Fsp3) is 0.562. The van der Waals surface area contributed by atoms with Gasteiger partial charge in [0.2, 0.25) is 5.91 Å². The fourth-order valence-corrected chi connectivity index (χ4v) is 2.38. The lowest BCUT2D eigenvalue weighted by Gasteiger charge is -2.13. The molecule has 6 heteroatoms. The van der Waals surface area contributed by atoms with E-state index in [4.69, 9.17) is 14.2 Å². The van der Waals surface area contributed by atoms with E-state index in [1.807, 2.05) is 0 Å². The number of rotatable bonds is 8. The summed E-state index contributed by atoms with van der Waals surface area (Å²) in [6.45, 7) is 2.29. The van der Waals surface area contributed by atoms with Gasteiger partial charge in [-0.3, -0.25) is 4.79 Å². The van der Waals surface area contributed by atoms with Crippen molar-refractivity contribution in [2.75, 3.05) is 39.2 Å². The van der Waals surface area contributed by atoms with Gasteiger partial charge in [0, 0.05) is 32.2 Å². The molecule has 1 aliphatic heterocycles. The van der Waals surface area contributed by atoms with Crippen LogP contribution in [0.15, 0.2) is 18.2 Å². The Balaban J connectivity index is 1.74. The van der Waals surface area contributed by atoms with Crippen molar-refractivity contribution in [2.24, 2.45) is 0 Å². The van der Waals surface area contributed by atoms with Crippen molar-refractivity contribution in [3.05, 3.63) is 18.2 Å². The molecule has 1 aliphatic rings. The zero-order chi connectivity index (χ0) is 15.8. The Labute approximate surface area is 131 Å². The number of methoxy groups -OCH3 is 2.